The molecule has 1 heterocycles. The molecule has 6 nitrogen and oxygen atoms in total. The molecule has 0 atom stereocenters. The normalized spacial score (nSPS) is 15.8. The van der Waals surface area contributed by atoms with Crippen molar-refractivity contribution in [2.45, 2.75) is 38.6 Å². The van der Waals surface area contributed by atoms with E-state index in [0.717, 1.165) is 18.7 Å². The van der Waals surface area contributed by atoms with Crippen LogP contribution in [0.3, 0.4) is 0 Å². The number of hydrogen-bond acceptors (Lipinski definition) is 4. The third-order valence-electron chi connectivity index (χ3n) is 4.73. The van der Waals surface area contributed by atoms with Gasteiger partial charge < -0.3 is 24.4 Å². The van der Waals surface area contributed by atoms with Crippen LogP contribution in [0.15, 0.2) is 12.1 Å². The molecular formula is C19H31N2O4+. The first kappa shape index (κ1) is 19.4. The van der Waals surface area contributed by atoms with Crippen LogP contribution < -0.4 is 24.4 Å². The standard InChI is InChI=1S/C19H30N2O4/c1-23-16-12-18(25-3)17(24-2)11-15(16)13-20-19(22)14-21-9-7-5-4-6-8-10-21/h11-12H,4-10,13-14H2,1-3H3,(H,20,22)/p+1. The molecule has 0 aliphatic carbocycles. The van der Waals surface area contributed by atoms with Crippen molar-refractivity contribution in [2.24, 2.45) is 0 Å². The number of carbonyl (C=O) groups excluding carboxylic acids is 1. The molecule has 1 aliphatic heterocycles. The third kappa shape index (κ3) is 5.81. The van der Waals surface area contributed by atoms with Crippen molar-refractivity contribution in [1.82, 2.24) is 5.32 Å². The van der Waals surface area contributed by atoms with E-state index in [1.807, 2.05) is 6.07 Å². The summed E-state index contributed by atoms with van der Waals surface area (Å²) in [6, 6.07) is 3.63. The lowest BCUT2D eigenvalue weighted by Crippen LogP contribution is -3.13. The average molecular weight is 351 g/mol. The molecule has 0 spiro atoms. The van der Waals surface area contributed by atoms with Crippen LogP contribution in [0.4, 0.5) is 0 Å². The van der Waals surface area contributed by atoms with Crippen LogP contribution in [0.25, 0.3) is 0 Å². The van der Waals surface area contributed by atoms with Gasteiger partial charge in [-0.15, -0.1) is 0 Å². The smallest absolute Gasteiger partial charge is 0.275 e. The largest absolute Gasteiger partial charge is 0.496 e. The summed E-state index contributed by atoms with van der Waals surface area (Å²) in [7, 11) is 4.79. The number of benzene rings is 1. The zero-order chi connectivity index (χ0) is 18.1. The Bertz CT molecular complexity index is 555. The number of quaternary nitrogens is 1. The molecule has 1 aliphatic rings. The molecule has 2 rings (SSSR count). The van der Waals surface area contributed by atoms with E-state index in [9.17, 15) is 4.79 Å². The van der Waals surface area contributed by atoms with E-state index < -0.39 is 0 Å². The van der Waals surface area contributed by atoms with Crippen molar-refractivity contribution in [3.63, 3.8) is 0 Å². The maximum atomic E-state index is 12.3. The molecule has 1 saturated heterocycles. The molecule has 0 aromatic heterocycles. The summed E-state index contributed by atoms with van der Waals surface area (Å²) in [5, 5.41) is 3.01. The Morgan fingerprint density at radius 3 is 2.08 bits per heavy atom. The van der Waals surface area contributed by atoms with Crippen molar-refractivity contribution in [3.8, 4) is 17.2 Å². The quantitative estimate of drug-likeness (QED) is 0.774. The number of amides is 1. The van der Waals surface area contributed by atoms with Crippen molar-refractivity contribution in [2.75, 3.05) is 41.0 Å². The van der Waals surface area contributed by atoms with Crippen LogP contribution in [0, 0.1) is 0 Å². The molecule has 0 bridgehead atoms. The zero-order valence-electron chi connectivity index (χ0n) is 15.7. The van der Waals surface area contributed by atoms with Crippen LogP contribution >= 0.6 is 0 Å². The summed E-state index contributed by atoms with van der Waals surface area (Å²) in [4.78, 5) is 13.7. The van der Waals surface area contributed by atoms with Gasteiger partial charge >= 0.3 is 0 Å². The van der Waals surface area contributed by atoms with Gasteiger partial charge in [-0.25, -0.2) is 0 Å². The fourth-order valence-corrected chi connectivity index (χ4v) is 3.30. The second kappa shape index (κ2) is 10.1. The van der Waals surface area contributed by atoms with E-state index >= 15 is 0 Å². The van der Waals surface area contributed by atoms with Gasteiger partial charge in [-0.1, -0.05) is 6.42 Å². The predicted molar refractivity (Wildman–Crippen MR) is 96.6 cm³/mol. The highest BCUT2D eigenvalue weighted by Crippen LogP contribution is 2.34. The van der Waals surface area contributed by atoms with E-state index in [1.54, 1.807) is 27.4 Å². The summed E-state index contributed by atoms with van der Waals surface area (Å²) in [6.45, 7) is 3.13. The van der Waals surface area contributed by atoms with Gasteiger partial charge in [0.15, 0.2) is 18.0 Å². The first-order valence-electron chi connectivity index (χ1n) is 9.07. The van der Waals surface area contributed by atoms with E-state index in [1.165, 1.54) is 37.0 Å². The number of carbonyl (C=O) groups is 1. The minimum atomic E-state index is 0.0763. The highest BCUT2D eigenvalue weighted by Gasteiger charge is 2.17. The Morgan fingerprint density at radius 1 is 0.920 bits per heavy atom. The molecule has 1 fully saturated rings. The molecule has 140 valence electrons. The molecule has 0 saturated carbocycles. The maximum Gasteiger partial charge on any atom is 0.275 e. The van der Waals surface area contributed by atoms with Crippen molar-refractivity contribution in [3.05, 3.63) is 17.7 Å². The fraction of sp³-hybridized carbons (Fsp3) is 0.632. The van der Waals surface area contributed by atoms with Gasteiger partial charge in [-0.3, -0.25) is 4.79 Å². The van der Waals surface area contributed by atoms with Gasteiger partial charge in [0.2, 0.25) is 0 Å². The number of hydrogen-bond donors (Lipinski definition) is 2. The number of nitrogens with one attached hydrogen (secondary N) is 2. The average Bonchev–Trinajstić information content (AvgIpc) is 2.61. The van der Waals surface area contributed by atoms with Crippen molar-refractivity contribution >= 4 is 5.91 Å². The van der Waals surface area contributed by atoms with Crippen LogP contribution in [0.1, 0.15) is 37.7 Å². The van der Waals surface area contributed by atoms with Gasteiger partial charge in [-0.05, 0) is 31.7 Å². The van der Waals surface area contributed by atoms with Gasteiger partial charge in [-0.2, -0.15) is 0 Å². The molecule has 2 N–H and O–H groups in total. The first-order chi connectivity index (χ1) is 12.2. The third-order valence-corrected chi connectivity index (χ3v) is 4.73. The highest BCUT2D eigenvalue weighted by molar-refractivity contribution is 5.77. The van der Waals surface area contributed by atoms with Crippen LogP contribution in [0.2, 0.25) is 0 Å². The molecule has 6 heteroatoms. The summed E-state index contributed by atoms with van der Waals surface area (Å²) in [6.07, 6.45) is 6.33. The first-order valence-corrected chi connectivity index (χ1v) is 9.07. The summed E-state index contributed by atoms with van der Waals surface area (Å²) in [5.74, 6) is 1.99. The van der Waals surface area contributed by atoms with Crippen LogP contribution in [-0.2, 0) is 11.3 Å². The molecule has 0 radical (unpaired) electrons. The fourth-order valence-electron chi connectivity index (χ4n) is 3.30. The zero-order valence-corrected chi connectivity index (χ0v) is 15.7. The molecule has 25 heavy (non-hydrogen) atoms. The number of ether oxygens (including phenoxy) is 3. The molecule has 0 unspecified atom stereocenters. The summed E-state index contributed by atoms with van der Waals surface area (Å²) in [5.41, 5.74) is 0.871. The Morgan fingerprint density at radius 2 is 1.48 bits per heavy atom. The number of methoxy groups -OCH3 is 3. The Hall–Kier alpha value is -1.95. The predicted octanol–water partition coefficient (Wildman–Crippen LogP) is 1.18. The second-order valence-corrected chi connectivity index (χ2v) is 6.49. The number of rotatable bonds is 7. The van der Waals surface area contributed by atoms with Gasteiger partial charge in [0, 0.05) is 18.2 Å². The Kier molecular flexibility index (Phi) is 7.85. The minimum absolute atomic E-state index is 0.0763. The van der Waals surface area contributed by atoms with E-state index in [4.69, 9.17) is 14.2 Å². The van der Waals surface area contributed by atoms with E-state index in [2.05, 4.69) is 5.32 Å². The maximum absolute atomic E-state index is 12.3. The monoisotopic (exact) mass is 351 g/mol. The molecular weight excluding hydrogens is 320 g/mol. The Labute approximate surface area is 150 Å². The van der Waals surface area contributed by atoms with Crippen LogP contribution in [-0.4, -0.2) is 46.9 Å². The van der Waals surface area contributed by atoms with E-state index in [0.29, 0.717) is 30.3 Å². The minimum Gasteiger partial charge on any atom is -0.496 e. The number of likely N-dealkylation sites (tertiary alicyclic amines) is 1. The lowest BCUT2D eigenvalue weighted by Gasteiger charge is -2.21. The van der Waals surface area contributed by atoms with Crippen molar-refractivity contribution in [1.29, 1.82) is 0 Å². The highest BCUT2D eigenvalue weighted by atomic mass is 16.5. The molecule has 1 amide bonds. The topological polar surface area (TPSA) is 61.2 Å². The second-order valence-electron chi connectivity index (χ2n) is 6.49. The molecule has 1 aromatic carbocycles. The summed E-state index contributed by atoms with van der Waals surface area (Å²) >= 11 is 0. The van der Waals surface area contributed by atoms with Gasteiger partial charge in [0.05, 0.1) is 34.4 Å². The lowest BCUT2D eigenvalue weighted by atomic mass is 10.1. The van der Waals surface area contributed by atoms with Gasteiger partial charge in [0.25, 0.3) is 5.91 Å². The summed E-state index contributed by atoms with van der Waals surface area (Å²) < 4.78 is 16.0. The molecule has 1 aromatic rings. The van der Waals surface area contributed by atoms with Crippen molar-refractivity contribution < 1.29 is 23.9 Å². The lowest BCUT2D eigenvalue weighted by molar-refractivity contribution is -0.893. The Balaban J connectivity index is 1.93. The SMILES string of the molecule is COc1cc(OC)c(OC)cc1CNC(=O)C[NH+]1CCCCCCC1. The van der Waals surface area contributed by atoms with E-state index in [-0.39, 0.29) is 5.91 Å². The van der Waals surface area contributed by atoms with Gasteiger partial charge in [0.1, 0.15) is 5.75 Å². The van der Waals surface area contributed by atoms with Crippen LogP contribution in [0.5, 0.6) is 17.2 Å².